The molecule has 0 aliphatic heterocycles. The summed E-state index contributed by atoms with van der Waals surface area (Å²) in [6.07, 6.45) is 1.80. The molecule has 0 unspecified atom stereocenters. The molecule has 0 aliphatic carbocycles. The van der Waals surface area contributed by atoms with Gasteiger partial charge in [0.15, 0.2) is 6.10 Å². The molecule has 0 radical (unpaired) electrons. The van der Waals surface area contributed by atoms with Gasteiger partial charge in [0.1, 0.15) is 5.75 Å². The first-order valence-corrected chi connectivity index (χ1v) is 7.88. The maximum absolute atomic E-state index is 12.2. The Hall–Kier alpha value is -2.66. The van der Waals surface area contributed by atoms with Crippen LogP contribution in [0.25, 0.3) is 0 Å². The summed E-state index contributed by atoms with van der Waals surface area (Å²) in [5.41, 5.74) is 4.10. The maximum Gasteiger partial charge on any atom is 0.273 e. The molecule has 0 bridgehead atoms. The van der Waals surface area contributed by atoms with Crippen LogP contribution in [0, 0.1) is 0 Å². The minimum absolute atomic E-state index is 0.327. The van der Waals surface area contributed by atoms with Crippen molar-refractivity contribution in [3.05, 3.63) is 65.7 Å². The summed E-state index contributed by atoms with van der Waals surface area (Å²) >= 11 is 0. The predicted molar refractivity (Wildman–Crippen MR) is 94.2 cm³/mol. The predicted octanol–water partition coefficient (Wildman–Crippen LogP) is 3.31. The van der Waals surface area contributed by atoms with E-state index in [4.69, 9.17) is 9.47 Å². The Kier molecular flexibility index (Phi) is 6.98. The number of hydrogen-bond acceptors (Lipinski definition) is 4. The SMILES string of the molecule is CCCOc1ccccc1/C=N\NC(=O)[C@@H](OC)c1ccccc1. The minimum Gasteiger partial charge on any atom is -0.493 e. The number of ether oxygens (including phenoxy) is 2. The zero-order valence-electron chi connectivity index (χ0n) is 13.9. The molecule has 2 aromatic carbocycles. The second-order valence-corrected chi connectivity index (χ2v) is 5.15. The average Bonchev–Trinajstić information content (AvgIpc) is 2.62. The minimum atomic E-state index is -0.699. The summed E-state index contributed by atoms with van der Waals surface area (Å²) in [6, 6.07) is 16.8. The zero-order chi connectivity index (χ0) is 17.2. The van der Waals surface area contributed by atoms with E-state index in [9.17, 15) is 4.79 Å². The van der Waals surface area contributed by atoms with Crippen LogP contribution in [0.5, 0.6) is 5.75 Å². The number of nitrogens with zero attached hydrogens (tertiary/aromatic N) is 1. The van der Waals surface area contributed by atoms with E-state index < -0.39 is 6.10 Å². The number of amides is 1. The van der Waals surface area contributed by atoms with Crippen LogP contribution < -0.4 is 10.2 Å². The second kappa shape index (κ2) is 9.47. The number of hydrazone groups is 1. The van der Waals surface area contributed by atoms with Crippen LogP contribution in [0.4, 0.5) is 0 Å². The van der Waals surface area contributed by atoms with Gasteiger partial charge in [0.2, 0.25) is 0 Å². The van der Waals surface area contributed by atoms with Crippen molar-refractivity contribution in [1.29, 1.82) is 0 Å². The molecule has 0 aromatic heterocycles. The van der Waals surface area contributed by atoms with E-state index in [2.05, 4.69) is 10.5 Å². The van der Waals surface area contributed by atoms with Gasteiger partial charge >= 0.3 is 0 Å². The molecule has 5 heteroatoms. The van der Waals surface area contributed by atoms with Crippen molar-refractivity contribution in [1.82, 2.24) is 5.43 Å². The summed E-state index contributed by atoms with van der Waals surface area (Å²) in [6.45, 7) is 2.68. The van der Waals surface area contributed by atoms with E-state index in [0.717, 1.165) is 23.3 Å². The van der Waals surface area contributed by atoms with Gasteiger partial charge in [0.05, 0.1) is 12.8 Å². The lowest BCUT2D eigenvalue weighted by Gasteiger charge is -2.13. The third-order valence-corrected chi connectivity index (χ3v) is 3.34. The van der Waals surface area contributed by atoms with Crippen molar-refractivity contribution in [2.45, 2.75) is 19.4 Å². The summed E-state index contributed by atoms with van der Waals surface area (Å²) in [5, 5.41) is 4.02. The third-order valence-electron chi connectivity index (χ3n) is 3.34. The number of carbonyl (C=O) groups is 1. The molecular weight excluding hydrogens is 304 g/mol. The van der Waals surface area contributed by atoms with Crippen molar-refractivity contribution in [2.24, 2.45) is 5.10 Å². The largest absolute Gasteiger partial charge is 0.493 e. The molecule has 1 N–H and O–H groups in total. The van der Waals surface area contributed by atoms with Gasteiger partial charge in [-0.15, -0.1) is 0 Å². The van der Waals surface area contributed by atoms with Crippen LogP contribution in [0.3, 0.4) is 0 Å². The molecule has 1 amide bonds. The molecule has 0 saturated carbocycles. The lowest BCUT2D eigenvalue weighted by molar-refractivity contribution is -0.131. The number of benzene rings is 2. The topological polar surface area (TPSA) is 59.9 Å². The fraction of sp³-hybridized carbons (Fsp3) is 0.263. The van der Waals surface area contributed by atoms with E-state index in [1.807, 2.05) is 61.5 Å². The fourth-order valence-corrected chi connectivity index (χ4v) is 2.18. The van der Waals surface area contributed by atoms with Gasteiger partial charge < -0.3 is 9.47 Å². The maximum atomic E-state index is 12.2. The highest BCUT2D eigenvalue weighted by atomic mass is 16.5. The standard InChI is InChI=1S/C19H22N2O3/c1-3-13-24-17-12-8-7-11-16(17)14-20-21-19(22)18(23-2)15-9-5-4-6-10-15/h4-12,14,18H,3,13H2,1-2H3,(H,21,22)/b20-14-/t18-/m0/s1. The van der Waals surface area contributed by atoms with Gasteiger partial charge in [-0.1, -0.05) is 49.4 Å². The fourth-order valence-electron chi connectivity index (χ4n) is 2.18. The molecule has 2 rings (SSSR count). The van der Waals surface area contributed by atoms with Crippen molar-refractivity contribution in [3.8, 4) is 5.75 Å². The number of carbonyl (C=O) groups excluding carboxylic acids is 1. The molecule has 0 fully saturated rings. The number of nitrogens with one attached hydrogen (secondary N) is 1. The third kappa shape index (κ3) is 4.93. The molecule has 0 aliphatic rings. The molecule has 0 saturated heterocycles. The highest BCUT2D eigenvalue weighted by Gasteiger charge is 2.19. The number of hydrogen-bond donors (Lipinski definition) is 1. The van der Waals surface area contributed by atoms with Crippen molar-refractivity contribution >= 4 is 12.1 Å². The van der Waals surface area contributed by atoms with Crippen LogP contribution >= 0.6 is 0 Å². The molecule has 5 nitrogen and oxygen atoms in total. The van der Waals surface area contributed by atoms with Gasteiger partial charge in [-0.05, 0) is 24.1 Å². The first kappa shape index (κ1) is 17.7. The van der Waals surface area contributed by atoms with E-state index in [0.29, 0.717) is 6.61 Å². The molecule has 24 heavy (non-hydrogen) atoms. The van der Waals surface area contributed by atoms with Gasteiger partial charge in [-0.2, -0.15) is 5.10 Å². The lowest BCUT2D eigenvalue weighted by Crippen LogP contribution is -2.26. The van der Waals surface area contributed by atoms with Crippen LogP contribution in [-0.2, 0) is 9.53 Å². The lowest BCUT2D eigenvalue weighted by atomic mass is 10.1. The first-order chi connectivity index (χ1) is 11.8. The molecule has 2 aromatic rings. The van der Waals surface area contributed by atoms with Crippen molar-refractivity contribution < 1.29 is 14.3 Å². The molecule has 0 heterocycles. The van der Waals surface area contributed by atoms with Gasteiger partial charge in [0, 0.05) is 12.7 Å². The molecule has 0 spiro atoms. The van der Waals surface area contributed by atoms with Gasteiger partial charge in [-0.3, -0.25) is 4.79 Å². The summed E-state index contributed by atoms with van der Waals surface area (Å²) in [4.78, 5) is 12.2. The Balaban J connectivity index is 2.02. The molecule has 1 atom stereocenters. The van der Waals surface area contributed by atoms with Crippen LogP contribution in [0.2, 0.25) is 0 Å². The van der Waals surface area contributed by atoms with Crippen molar-refractivity contribution in [2.75, 3.05) is 13.7 Å². The van der Waals surface area contributed by atoms with Gasteiger partial charge in [0.25, 0.3) is 5.91 Å². The second-order valence-electron chi connectivity index (χ2n) is 5.15. The van der Waals surface area contributed by atoms with Crippen molar-refractivity contribution in [3.63, 3.8) is 0 Å². The Labute approximate surface area is 142 Å². The Morgan fingerprint density at radius 2 is 1.88 bits per heavy atom. The highest BCUT2D eigenvalue weighted by Crippen LogP contribution is 2.17. The number of rotatable bonds is 8. The van der Waals surface area contributed by atoms with E-state index in [1.165, 1.54) is 7.11 Å². The summed E-state index contributed by atoms with van der Waals surface area (Å²) < 4.78 is 10.9. The average molecular weight is 326 g/mol. The van der Waals surface area contributed by atoms with Gasteiger partial charge in [-0.25, -0.2) is 5.43 Å². The first-order valence-electron chi connectivity index (χ1n) is 7.88. The summed E-state index contributed by atoms with van der Waals surface area (Å²) in [7, 11) is 1.49. The normalized spacial score (nSPS) is 12.1. The van der Waals surface area contributed by atoms with E-state index >= 15 is 0 Å². The number of para-hydroxylation sites is 1. The van der Waals surface area contributed by atoms with Crippen LogP contribution in [0.1, 0.15) is 30.6 Å². The monoisotopic (exact) mass is 326 g/mol. The number of methoxy groups -OCH3 is 1. The Bertz CT molecular complexity index is 671. The molecule has 126 valence electrons. The quantitative estimate of drug-likeness (QED) is 0.598. The molecular formula is C19H22N2O3. The Morgan fingerprint density at radius 1 is 1.17 bits per heavy atom. The zero-order valence-corrected chi connectivity index (χ0v) is 13.9. The summed E-state index contributed by atoms with van der Waals surface area (Å²) in [5.74, 6) is 0.413. The van der Waals surface area contributed by atoms with Crippen LogP contribution in [0.15, 0.2) is 59.7 Å². The highest BCUT2D eigenvalue weighted by molar-refractivity contribution is 5.86. The Morgan fingerprint density at radius 3 is 2.58 bits per heavy atom. The van der Waals surface area contributed by atoms with Crippen LogP contribution in [-0.4, -0.2) is 25.8 Å². The van der Waals surface area contributed by atoms with E-state index in [1.54, 1.807) is 6.21 Å². The van der Waals surface area contributed by atoms with E-state index in [-0.39, 0.29) is 5.91 Å². The smallest absolute Gasteiger partial charge is 0.273 e.